The topological polar surface area (TPSA) is 77.2 Å². The van der Waals surface area contributed by atoms with Crippen LogP contribution in [0.25, 0.3) is 5.65 Å². The summed E-state index contributed by atoms with van der Waals surface area (Å²) < 4.78 is 13.2. The highest BCUT2D eigenvalue weighted by Crippen LogP contribution is 2.31. The van der Waals surface area contributed by atoms with Gasteiger partial charge in [0, 0.05) is 10.7 Å². The highest BCUT2D eigenvalue weighted by atomic mass is 79.9. The minimum Gasteiger partial charge on any atom is -0.454 e. The van der Waals surface area contributed by atoms with Crippen molar-refractivity contribution in [1.82, 2.24) is 14.8 Å². The molecule has 25 heavy (non-hydrogen) atoms. The summed E-state index contributed by atoms with van der Waals surface area (Å²) in [5.74, 6) is 1.03. The number of carbonyl (C=O) groups excluding carboxylic acids is 1. The van der Waals surface area contributed by atoms with Crippen LogP contribution in [-0.2, 0) is 0 Å². The number of fused-ring (bicyclic) bond motifs is 2. The lowest BCUT2D eigenvalue weighted by Crippen LogP contribution is -2.20. The van der Waals surface area contributed by atoms with E-state index in [1.807, 2.05) is 18.2 Å². The number of amides is 1. The second kappa shape index (κ2) is 6.21. The molecule has 0 radical (unpaired) electrons. The van der Waals surface area contributed by atoms with Crippen molar-refractivity contribution >= 4 is 33.7 Å². The number of hydrogen-bond acceptors (Lipinski definition) is 5. The van der Waals surface area contributed by atoms with Crippen molar-refractivity contribution in [3.8, 4) is 11.5 Å². The number of benzene rings is 1. The van der Waals surface area contributed by atoms with Crippen molar-refractivity contribution in [1.29, 1.82) is 0 Å². The van der Waals surface area contributed by atoms with Crippen LogP contribution in [0.5, 0.6) is 11.5 Å². The predicted molar refractivity (Wildman–Crippen MR) is 95.3 cm³/mol. The summed E-state index contributed by atoms with van der Waals surface area (Å²) in [5.41, 5.74) is 5.11. The summed E-state index contributed by atoms with van der Waals surface area (Å²) in [6, 6.07) is 9.15. The summed E-state index contributed by atoms with van der Waals surface area (Å²) in [4.78, 5) is 16.9. The maximum atomic E-state index is 12.5. The number of pyridine rings is 1. The molecular weight excluding hydrogens is 388 g/mol. The maximum absolute atomic E-state index is 12.5. The van der Waals surface area contributed by atoms with Crippen molar-refractivity contribution in [2.24, 2.45) is 5.10 Å². The number of imidazole rings is 1. The van der Waals surface area contributed by atoms with Gasteiger partial charge in [0.1, 0.15) is 11.3 Å². The Labute approximate surface area is 151 Å². The molecule has 1 aromatic carbocycles. The molecule has 3 heterocycles. The third kappa shape index (κ3) is 2.96. The van der Waals surface area contributed by atoms with Crippen LogP contribution in [0.2, 0.25) is 0 Å². The van der Waals surface area contributed by atoms with E-state index >= 15 is 0 Å². The SMILES string of the molecule is Cc1nc2ccc(Br)cn2c1C(=O)N/N=C/c1ccc2c(c1)OCO2. The summed E-state index contributed by atoms with van der Waals surface area (Å²) in [5, 5.41) is 4.02. The van der Waals surface area contributed by atoms with Gasteiger partial charge in [-0.25, -0.2) is 10.4 Å². The second-order valence-electron chi connectivity index (χ2n) is 5.43. The molecule has 8 heteroatoms. The number of hydrazone groups is 1. The highest BCUT2D eigenvalue weighted by molar-refractivity contribution is 9.10. The van der Waals surface area contributed by atoms with Crippen molar-refractivity contribution in [3.05, 3.63) is 58.0 Å². The number of aromatic nitrogens is 2. The average Bonchev–Trinajstić information content (AvgIpc) is 3.17. The summed E-state index contributed by atoms with van der Waals surface area (Å²) in [6.45, 7) is 2.01. The molecule has 0 unspecified atom stereocenters. The molecule has 7 nitrogen and oxygen atoms in total. The van der Waals surface area contributed by atoms with Gasteiger partial charge in [0.2, 0.25) is 6.79 Å². The Kier molecular flexibility index (Phi) is 3.89. The summed E-state index contributed by atoms with van der Waals surface area (Å²) >= 11 is 3.40. The molecule has 0 atom stereocenters. The number of hydrogen-bond donors (Lipinski definition) is 1. The fraction of sp³-hybridized carbons (Fsp3) is 0.118. The van der Waals surface area contributed by atoms with Gasteiger partial charge in [0.15, 0.2) is 11.5 Å². The van der Waals surface area contributed by atoms with Crippen molar-refractivity contribution in [2.45, 2.75) is 6.92 Å². The van der Waals surface area contributed by atoms with Gasteiger partial charge in [-0.1, -0.05) is 0 Å². The van der Waals surface area contributed by atoms with E-state index in [9.17, 15) is 4.79 Å². The van der Waals surface area contributed by atoms with E-state index in [0.29, 0.717) is 28.5 Å². The Bertz CT molecular complexity index is 1010. The zero-order valence-corrected chi connectivity index (χ0v) is 14.8. The lowest BCUT2D eigenvalue weighted by atomic mass is 10.2. The van der Waals surface area contributed by atoms with Crippen LogP contribution in [0, 0.1) is 6.92 Å². The first-order valence-electron chi connectivity index (χ1n) is 7.49. The van der Waals surface area contributed by atoms with E-state index in [1.54, 1.807) is 35.9 Å². The minimum atomic E-state index is -0.333. The van der Waals surface area contributed by atoms with Crippen LogP contribution >= 0.6 is 15.9 Å². The molecule has 1 N–H and O–H groups in total. The molecule has 1 amide bonds. The molecule has 0 spiro atoms. The van der Waals surface area contributed by atoms with Crippen LogP contribution in [0.1, 0.15) is 21.7 Å². The Morgan fingerprint density at radius 2 is 2.16 bits per heavy atom. The number of rotatable bonds is 3. The average molecular weight is 401 g/mol. The molecule has 126 valence electrons. The lowest BCUT2D eigenvalue weighted by Gasteiger charge is -2.02. The second-order valence-corrected chi connectivity index (χ2v) is 6.35. The zero-order chi connectivity index (χ0) is 17.4. The monoisotopic (exact) mass is 400 g/mol. The predicted octanol–water partition coefficient (Wildman–Crippen LogP) is 2.90. The fourth-order valence-electron chi connectivity index (χ4n) is 2.62. The van der Waals surface area contributed by atoms with Gasteiger partial charge in [0.25, 0.3) is 5.91 Å². The fourth-order valence-corrected chi connectivity index (χ4v) is 2.96. The maximum Gasteiger partial charge on any atom is 0.290 e. The molecular formula is C17H13BrN4O3. The largest absolute Gasteiger partial charge is 0.454 e. The number of carbonyl (C=O) groups is 1. The first-order valence-corrected chi connectivity index (χ1v) is 8.28. The number of aryl methyl sites for hydroxylation is 1. The van der Waals surface area contributed by atoms with Gasteiger partial charge in [-0.05, 0) is 58.7 Å². The molecule has 3 aromatic rings. The van der Waals surface area contributed by atoms with Gasteiger partial charge in [-0.3, -0.25) is 9.20 Å². The molecule has 0 bridgehead atoms. The van der Waals surface area contributed by atoms with Gasteiger partial charge in [-0.15, -0.1) is 0 Å². The van der Waals surface area contributed by atoms with Crippen LogP contribution in [0.15, 0.2) is 46.1 Å². The molecule has 2 aromatic heterocycles. The van der Waals surface area contributed by atoms with Crippen molar-refractivity contribution in [2.75, 3.05) is 6.79 Å². The number of halogens is 1. The summed E-state index contributed by atoms with van der Waals surface area (Å²) in [6.07, 6.45) is 3.35. The van der Waals surface area contributed by atoms with E-state index < -0.39 is 0 Å². The Morgan fingerprint density at radius 1 is 1.32 bits per heavy atom. The molecule has 4 rings (SSSR count). The first-order chi connectivity index (χ1) is 12.1. The van der Waals surface area contributed by atoms with Gasteiger partial charge >= 0.3 is 0 Å². The highest BCUT2D eigenvalue weighted by Gasteiger charge is 2.16. The van der Waals surface area contributed by atoms with E-state index in [0.717, 1.165) is 10.0 Å². The molecule has 0 fully saturated rings. The van der Waals surface area contributed by atoms with E-state index in [2.05, 4.69) is 31.4 Å². The van der Waals surface area contributed by atoms with Gasteiger partial charge < -0.3 is 9.47 Å². The van der Waals surface area contributed by atoms with Gasteiger partial charge in [-0.2, -0.15) is 5.10 Å². The van der Waals surface area contributed by atoms with Crippen molar-refractivity contribution < 1.29 is 14.3 Å². The Morgan fingerprint density at radius 3 is 3.04 bits per heavy atom. The Balaban J connectivity index is 1.54. The standard InChI is InChI=1S/C17H13BrN4O3/c1-10-16(22-8-12(18)3-5-15(22)20-10)17(23)21-19-7-11-2-4-13-14(6-11)25-9-24-13/h2-8H,9H2,1H3,(H,21,23)/b19-7+. The molecule has 0 saturated carbocycles. The van der Waals surface area contributed by atoms with E-state index in [1.165, 1.54) is 0 Å². The van der Waals surface area contributed by atoms with Crippen molar-refractivity contribution in [3.63, 3.8) is 0 Å². The van der Waals surface area contributed by atoms with E-state index in [4.69, 9.17) is 9.47 Å². The van der Waals surface area contributed by atoms with Crippen LogP contribution in [-0.4, -0.2) is 28.3 Å². The quantitative estimate of drug-likeness (QED) is 0.541. The number of ether oxygens (including phenoxy) is 2. The normalized spacial score (nSPS) is 12.9. The number of nitrogens with zero attached hydrogens (tertiary/aromatic N) is 3. The molecule has 1 aliphatic heterocycles. The van der Waals surface area contributed by atoms with E-state index in [-0.39, 0.29) is 12.7 Å². The third-order valence-electron chi connectivity index (χ3n) is 3.75. The first kappa shape index (κ1) is 15.6. The lowest BCUT2D eigenvalue weighted by molar-refractivity contribution is 0.0948. The molecule has 0 saturated heterocycles. The molecule has 1 aliphatic rings. The van der Waals surface area contributed by atoms with Crippen LogP contribution in [0.4, 0.5) is 0 Å². The Hall–Kier alpha value is -2.87. The minimum absolute atomic E-state index is 0.218. The third-order valence-corrected chi connectivity index (χ3v) is 4.22. The smallest absolute Gasteiger partial charge is 0.290 e. The van der Waals surface area contributed by atoms with Gasteiger partial charge in [0.05, 0.1) is 11.9 Å². The van der Waals surface area contributed by atoms with Crippen LogP contribution < -0.4 is 14.9 Å². The zero-order valence-electron chi connectivity index (χ0n) is 13.2. The summed E-state index contributed by atoms with van der Waals surface area (Å²) in [7, 11) is 0. The molecule has 0 aliphatic carbocycles. The van der Waals surface area contributed by atoms with Crippen LogP contribution in [0.3, 0.4) is 0 Å². The number of nitrogens with one attached hydrogen (secondary N) is 1.